The average Bonchev–Trinajstić information content (AvgIpc) is 3.35. The van der Waals surface area contributed by atoms with E-state index < -0.39 is 10.0 Å². The first-order valence-electron chi connectivity index (χ1n) is 7.47. The summed E-state index contributed by atoms with van der Waals surface area (Å²) >= 11 is 0. The maximum atomic E-state index is 12.1. The van der Waals surface area contributed by atoms with E-state index >= 15 is 0 Å². The normalized spacial score (nSPS) is 15.2. The third-order valence-electron chi connectivity index (χ3n) is 3.58. The Labute approximate surface area is 139 Å². The summed E-state index contributed by atoms with van der Waals surface area (Å²) in [6.45, 7) is -0.327. The van der Waals surface area contributed by atoms with E-state index in [-0.39, 0.29) is 23.9 Å². The van der Waals surface area contributed by atoms with E-state index in [1.807, 2.05) is 0 Å². The van der Waals surface area contributed by atoms with Crippen molar-refractivity contribution in [3.8, 4) is 0 Å². The van der Waals surface area contributed by atoms with Gasteiger partial charge in [0.05, 0.1) is 22.9 Å². The lowest BCUT2D eigenvalue weighted by atomic mass is 10.2. The first-order valence-corrected chi connectivity index (χ1v) is 8.95. The van der Waals surface area contributed by atoms with Crippen molar-refractivity contribution in [2.24, 2.45) is 10.2 Å². The number of nitrogens with two attached hydrogens (primary N) is 1. The fourth-order valence-corrected chi connectivity index (χ4v) is 3.27. The number of aliphatic hydroxyl groups is 1. The Kier molecular flexibility index (Phi) is 4.60. The summed E-state index contributed by atoms with van der Waals surface area (Å²) < 4.78 is 26.4. The topological polar surface area (TPSA) is 146 Å². The van der Waals surface area contributed by atoms with Crippen LogP contribution in [0, 0.1) is 0 Å². The van der Waals surface area contributed by atoms with E-state index in [0.717, 1.165) is 18.5 Å². The number of rotatable bonds is 7. The summed E-state index contributed by atoms with van der Waals surface area (Å²) in [6.07, 6.45) is 2.13. The number of aromatic nitrogens is 2. The minimum Gasteiger partial charge on any atom is -0.395 e. The van der Waals surface area contributed by atoms with Crippen LogP contribution in [0.2, 0.25) is 0 Å². The molecule has 1 aromatic heterocycles. The number of hydrogen-bond acceptors (Lipinski definition) is 7. The van der Waals surface area contributed by atoms with Crippen LogP contribution in [0.25, 0.3) is 0 Å². The lowest BCUT2D eigenvalue weighted by Gasteiger charge is -2.05. The maximum Gasteiger partial charge on any atom is 0.240 e. The highest BCUT2D eigenvalue weighted by Gasteiger charge is 2.29. The summed E-state index contributed by atoms with van der Waals surface area (Å²) in [5.74, 6) is 0.659. The molecular formula is C14H18N6O3S. The van der Waals surface area contributed by atoms with Crippen molar-refractivity contribution in [1.29, 1.82) is 0 Å². The van der Waals surface area contributed by atoms with Gasteiger partial charge in [-0.15, -0.1) is 5.11 Å². The zero-order chi connectivity index (χ0) is 17.2. The molecule has 0 aliphatic heterocycles. The van der Waals surface area contributed by atoms with Crippen LogP contribution in [-0.2, 0) is 10.0 Å². The standard InChI is InChI=1S/C14H18N6O3S/c15-14-13(12(18-20-14)9-4-5-9)19-17-10-2-1-3-11(8-10)24(22,23)16-6-7-21/h1-3,8-9,16,21H,4-7H2,(H3,15,18,20). The molecule has 0 amide bonds. The van der Waals surface area contributed by atoms with Crippen molar-refractivity contribution in [1.82, 2.24) is 14.9 Å². The Morgan fingerprint density at radius 1 is 1.38 bits per heavy atom. The molecule has 0 bridgehead atoms. The lowest BCUT2D eigenvalue weighted by Crippen LogP contribution is -2.26. The molecule has 24 heavy (non-hydrogen) atoms. The third kappa shape index (κ3) is 3.61. The number of nitrogen functional groups attached to an aromatic ring is 1. The van der Waals surface area contributed by atoms with Gasteiger partial charge in [-0.25, -0.2) is 13.1 Å². The number of anilines is 1. The number of sulfonamides is 1. The summed E-state index contributed by atoms with van der Waals surface area (Å²) in [4.78, 5) is 0.0509. The first kappa shape index (κ1) is 16.6. The molecule has 128 valence electrons. The molecule has 1 aliphatic rings. The Bertz CT molecular complexity index is 857. The van der Waals surface area contributed by atoms with Crippen molar-refractivity contribution in [2.45, 2.75) is 23.7 Å². The molecule has 2 aromatic rings. The van der Waals surface area contributed by atoms with Crippen LogP contribution in [0.15, 0.2) is 39.4 Å². The van der Waals surface area contributed by atoms with Gasteiger partial charge in [0, 0.05) is 12.5 Å². The number of H-pyrrole nitrogens is 1. The molecule has 1 aromatic carbocycles. The molecule has 0 saturated heterocycles. The molecular weight excluding hydrogens is 332 g/mol. The summed E-state index contributed by atoms with van der Waals surface area (Å²) in [5, 5.41) is 23.8. The Hall–Kier alpha value is -2.30. The van der Waals surface area contributed by atoms with Crippen molar-refractivity contribution in [3.63, 3.8) is 0 Å². The van der Waals surface area contributed by atoms with E-state index in [0.29, 0.717) is 17.3 Å². The predicted molar refractivity (Wildman–Crippen MR) is 87.9 cm³/mol. The van der Waals surface area contributed by atoms with Gasteiger partial charge in [0.25, 0.3) is 0 Å². The monoisotopic (exact) mass is 350 g/mol. The lowest BCUT2D eigenvalue weighted by molar-refractivity contribution is 0.301. The van der Waals surface area contributed by atoms with Gasteiger partial charge in [-0.05, 0) is 31.0 Å². The van der Waals surface area contributed by atoms with Crippen LogP contribution in [0.3, 0.4) is 0 Å². The zero-order valence-electron chi connectivity index (χ0n) is 12.8. The number of aliphatic hydroxyl groups excluding tert-OH is 1. The fourth-order valence-electron chi connectivity index (χ4n) is 2.21. The van der Waals surface area contributed by atoms with Gasteiger partial charge in [-0.2, -0.15) is 10.2 Å². The van der Waals surface area contributed by atoms with Gasteiger partial charge >= 0.3 is 0 Å². The molecule has 0 radical (unpaired) electrons. The molecule has 1 fully saturated rings. The van der Waals surface area contributed by atoms with Crippen LogP contribution in [0.5, 0.6) is 0 Å². The average molecular weight is 350 g/mol. The number of azo groups is 1. The number of aromatic amines is 1. The van der Waals surface area contributed by atoms with Crippen LogP contribution >= 0.6 is 0 Å². The highest BCUT2D eigenvalue weighted by Crippen LogP contribution is 2.45. The van der Waals surface area contributed by atoms with Gasteiger partial charge in [0.2, 0.25) is 10.0 Å². The number of benzene rings is 1. The molecule has 1 aliphatic carbocycles. The Morgan fingerprint density at radius 2 is 2.17 bits per heavy atom. The van der Waals surface area contributed by atoms with Gasteiger partial charge in [0.1, 0.15) is 0 Å². The second-order valence-electron chi connectivity index (χ2n) is 5.46. The second kappa shape index (κ2) is 6.67. The highest BCUT2D eigenvalue weighted by atomic mass is 32.2. The molecule has 1 saturated carbocycles. The third-order valence-corrected chi connectivity index (χ3v) is 5.04. The van der Waals surface area contributed by atoms with Crippen molar-refractivity contribution in [2.75, 3.05) is 18.9 Å². The molecule has 0 atom stereocenters. The summed E-state index contributed by atoms with van der Waals surface area (Å²) in [7, 11) is -3.69. The van der Waals surface area contributed by atoms with E-state index in [2.05, 4.69) is 25.1 Å². The molecule has 9 nitrogen and oxygen atoms in total. The van der Waals surface area contributed by atoms with E-state index in [1.165, 1.54) is 12.1 Å². The number of nitrogens with zero attached hydrogens (tertiary/aromatic N) is 3. The minimum atomic E-state index is -3.69. The molecule has 5 N–H and O–H groups in total. The Balaban J connectivity index is 1.84. The zero-order valence-corrected chi connectivity index (χ0v) is 13.6. The minimum absolute atomic E-state index is 0.0509. The van der Waals surface area contributed by atoms with Crippen molar-refractivity contribution < 1.29 is 13.5 Å². The van der Waals surface area contributed by atoms with Crippen LogP contribution in [0.4, 0.5) is 17.2 Å². The fraction of sp³-hybridized carbons (Fsp3) is 0.357. The van der Waals surface area contributed by atoms with E-state index in [4.69, 9.17) is 10.8 Å². The van der Waals surface area contributed by atoms with Gasteiger partial charge in [-0.3, -0.25) is 5.10 Å². The van der Waals surface area contributed by atoms with Crippen LogP contribution < -0.4 is 10.5 Å². The maximum absolute atomic E-state index is 12.1. The molecule has 0 unspecified atom stereocenters. The Morgan fingerprint density at radius 3 is 2.88 bits per heavy atom. The smallest absolute Gasteiger partial charge is 0.240 e. The number of nitrogens with one attached hydrogen (secondary N) is 2. The number of hydrogen-bond donors (Lipinski definition) is 4. The summed E-state index contributed by atoms with van der Waals surface area (Å²) in [6, 6.07) is 6.06. The van der Waals surface area contributed by atoms with E-state index in [1.54, 1.807) is 12.1 Å². The second-order valence-corrected chi connectivity index (χ2v) is 7.23. The molecule has 10 heteroatoms. The van der Waals surface area contributed by atoms with Crippen molar-refractivity contribution >= 4 is 27.2 Å². The first-order chi connectivity index (χ1) is 11.5. The molecule has 3 rings (SSSR count). The molecule has 0 spiro atoms. The van der Waals surface area contributed by atoms with Gasteiger partial charge in [-0.1, -0.05) is 6.07 Å². The van der Waals surface area contributed by atoms with Crippen molar-refractivity contribution in [3.05, 3.63) is 30.0 Å². The highest BCUT2D eigenvalue weighted by molar-refractivity contribution is 7.89. The molecule has 1 heterocycles. The SMILES string of the molecule is Nc1n[nH]c(C2CC2)c1N=Nc1cccc(S(=O)(=O)NCCO)c1. The van der Waals surface area contributed by atoms with Gasteiger partial charge < -0.3 is 10.8 Å². The quantitative estimate of drug-likeness (QED) is 0.560. The van der Waals surface area contributed by atoms with Gasteiger partial charge in [0.15, 0.2) is 11.5 Å². The predicted octanol–water partition coefficient (Wildman–Crippen LogP) is 1.56. The van der Waals surface area contributed by atoms with E-state index in [9.17, 15) is 8.42 Å². The van der Waals surface area contributed by atoms with Crippen LogP contribution in [-0.4, -0.2) is 36.9 Å². The van der Waals surface area contributed by atoms with Crippen LogP contribution in [0.1, 0.15) is 24.5 Å². The largest absolute Gasteiger partial charge is 0.395 e. The summed E-state index contributed by atoms with van der Waals surface area (Å²) in [5.41, 5.74) is 7.55.